The molecule has 1 aromatic heterocycles. The van der Waals surface area contributed by atoms with Gasteiger partial charge in [-0.25, -0.2) is 4.39 Å². The molecule has 0 aliphatic heterocycles. The van der Waals surface area contributed by atoms with E-state index in [0.717, 1.165) is 0 Å². The first-order chi connectivity index (χ1) is 7.20. The van der Waals surface area contributed by atoms with Crippen molar-refractivity contribution in [3.63, 3.8) is 0 Å². The summed E-state index contributed by atoms with van der Waals surface area (Å²) in [4.78, 5) is 0. The van der Waals surface area contributed by atoms with Crippen molar-refractivity contribution in [3.05, 3.63) is 58.2 Å². The molecule has 0 aliphatic carbocycles. The number of aliphatic hydroxyl groups is 1. The summed E-state index contributed by atoms with van der Waals surface area (Å²) in [5, 5.41) is 9.91. The Morgan fingerprint density at radius 2 is 1.93 bits per heavy atom. The van der Waals surface area contributed by atoms with Crippen LogP contribution in [0, 0.1) is 5.82 Å². The van der Waals surface area contributed by atoms with Gasteiger partial charge in [0.1, 0.15) is 11.9 Å². The van der Waals surface area contributed by atoms with Crippen LogP contribution in [0.1, 0.15) is 17.2 Å². The second-order valence-corrected chi connectivity index (χ2v) is 3.79. The predicted molar refractivity (Wildman–Crippen MR) is 56.9 cm³/mol. The van der Waals surface area contributed by atoms with E-state index in [-0.39, 0.29) is 5.56 Å². The van der Waals surface area contributed by atoms with Crippen molar-refractivity contribution in [2.24, 2.45) is 0 Å². The Labute approximate surface area is 94.5 Å². The van der Waals surface area contributed by atoms with Crippen LogP contribution >= 0.6 is 15.9 Å². The normalized spacial score (nSPS) is 12.7. The zero-order valence-corrected chi connectivity index (χ0v) is 9.24. The molecule has 1 heterocycles. The summed E-state index contributed by atoms with van der Waals surface area (Å²) < 4.78 is 18.8. The van der Waals surface area contributed by atoms with Crippen molar-refractivity contribution >= 4 is 15.9 Å². The lowest BCUT2D eigenvalue weighted by Crippen LogP contribution is -2.01. The number of hydrogen-bond donors (Lipinski definition) is 1. The highest BCUT2D eigenvalue weighted by Gasteiger charge is 2.18. The molecule has 1 unspecified atom stereocenters. The second kappa shape index (κ2) is 4.16. The molecule has 0 bridgehead atoms. The fraction of sp³-hybridized carbons (Fsp3) is 0.0909. The lowest BCUT2D eigenvalue weighted by molar-refractivity contribution is 0.212. The van der Waals surface area contributed by atoms with Gasteiger partial charge in [-0.1, -0.05) is 18.2 Å². The van der Waals surface area contributed by atoms with Crippen molar-refractivity contribution in [1.29, 1.82) is 0 Å². The molecule has 0 fully saturated rings. The average molecular weight is 271 g/mol. The molecule has 78 valence electrons. The quantitative estimate of drug-likeness (QED) is 0.909. The Bertz CT molecular complexity index is 467. The van der Waals surface area contributed by atoms with Crippen molar-refractivity contribution in [1.82, 2.24) is 0 Å². The maximum atomic E-state index is 13.4. The molecular formula is C11H8BrFO2. The van der Waals surface area contributed by atoms with E-state index in [4.69, 9.17) is 4.42 Å². The van der Waals surface area contributed by atoms with Crippen molar-refractivity contribution in [2.45, 2.75) is 6.10 Å². The van der Waals surface area contributed by atoms with Crippen LogP contribution in [0.4, 0.5) is 4.39 Å². The number of benzene rings is 1. The summed E-state index contributed by atoms with van der Waals surface area (Å²) in [5.41, 5.74) is 0.750. The minimum Gasteiger partial charge on any atom is -0.457 e. The van der Waals surface area contributed by atoms with Gasteiger partial charge in [-0.3, -0.25) is 0 Å². The summed E-state index contributed by atoms with van der Waals surface area (Å²) in [6.45, 7) is 0. The number of halogens is 2. The third-order valence-corrected chi connectivity index (χ3v) is 2.79. The van der Waals surface area contributed by atoms with Gasteiger partial charge in [-0.15, -0.1) is 0 Å². The van der Waals surface area contributed by atoms with Gasteiger partial charge in [0.2, 0.25) is 0 Å². The van der Waals surface area contributed by atoms with Gasteiger partial charge in [-0.2, -0.15) is 0 Å². The molecule has 0 radical (unpaired) electrons. The molecule has 4 heteroatoms. The molecule has 2 rings (SSSR count). The third-order valence-electron chi connectivity index (χ3n) is 2.14. The number of furan rings is 1. The lowest BCUT2D eigenvalue weighted by atomic mass is 10.0. The third kappa shape index (κ3) is 1.96. The Morgan fingerprint density at radius 3 is 2.53 bits per heavy atom. The van der Waals surface area contributed by atoms with Crippen LogP contribution in [-0.2, 0) is 0 Å². The van der Waals surface area contributed by atoms with Crippen LogP contribution in [0.15, 0.2) is 45.7 Å². The fourth-order valence-corrected chi connectivity index (χ4v) is 1.82. The molecule has 0 spiro atoms. The molecule has 2 nitrogen and oxygen atoms in total. The second-order valence-electron chi connectivity index (χ2n) is 3.07. The van der Waals surface area contributed by atoms with Gasteiger partial charge in [0.15, 0.2) is 4.67 Å². The highest BCUT2D eigenvalue weighted by molar-refractivity contribution is 9.10. The van der Waals surface area contributed by atoms with Crippen LogP contribution in [0.5, 0.6) is 0 Å². The average Bonchev–Trinajstić information content (AvgIpc) is 2.64. The molecular weight excluding hydrogens is 263 g/mol. The van der Waals surface area contributed by atoms with E-state index in [1.165, 1.54) is 12.3 Å². The Balaban J connectivity index is 2.41. The molecule has 1 aromatic carbocycles. The smallest absolute Gasteiger partial charge is 0.175 e. The minimum atomic E-state index is -1.01. The maximum Gasteiger partial charge on any atom is 0.175 e. The van der Waals surface area contributed by atoms with Crippen LogP contribution in [0.3, 0.4) is 0 Å². The molecule has 1 atom stereocenters. The van der Waals surface area contributed by atoms with E-state index in [2.05, 4.69) is 15.9 Å². The standard InChI is InChI=1S/C11H8BrFO2/c12-11-8(5-6-15-11)10(14)7-3-1-2-4-9(7)13/h1-6,10,14H. The number of aliphatic hydroxyl groups excluding tert-OH is 1. The first-order valence-corrected chi connectivity index (χ1v) is 5.15. The van der Waals surface area contributed by atoms with E-state index in [1.807, 2.05) is 0 Å². The summed E-state index contributed by atoms with van der Waals surface area (Å²) in [6.07, 6.45) is 0.419. The van der Waals surface area contributed by atoms with Crippen LogP contribution in [0.25, 0.3) is 0 Å². The van der Waals surface area contributed by atoms with Crippen molar-refractivity contribution in [2.75, 3.05) is 0 Å². The molecule has 0 saturated heterocycles. The zero-order chi connectivity index (χ0) is 10.8. The van der Waals surface area contributed by atoms with Gasteiger partial charge in [0.05, 0.1) is 6.26 Å². The maximum absolute atomic E-state index is 13.4. The molecule has 15 heavy (non-hydrogen) atoms. The Kier molecular flexibility index (Phi) is 2.88. The van der Waals surface area contributed by atoms with Gasteiger partial charge in [0, 0.05) is 11.1 Å². The highest BCUT2D eigenvalue weighted by Crippen LogP contribution is 2.30. The monoisotopic (exact) mass is 270 g/mol. The topological polar surface area (TPSA) is 33.4 Å². The summed E-state index contributed by atoms with van der Waals surface area (Å²) in [6, 6.07) is 7.71. The van der Waals surface area contributed by atoms with Gasteiger partial charge >= 0.3 is 0 Å². The molecule has 0 aliphatic rings. The van der Waals surface area contributed by atoms with Crippen LogP contribution < -0.4 is 0 Å². The lowest BCUT2D eigenvalue weighted by Gasteiger charge is -2.10. The highest BCUT2D eigenvalue weighted by atomic mass is 79.9. The van der Waals surface area contributed by atoms with Gasteiger partial charge in [-0.05, 0) is 28.1 Å². The van der Waals surface area contributed by atoms with Crippen molar-refractivity contribution in [3.8, 4) is 0 Å². The van der Waals surface area contributed by atoms with E-state index in [9.17, 15) is 9.50 Å². The van der Waals surface area contributed by atoms with Crippen LogP contribution in [-0.4, -0.2) is 5.11 Å². The van der Waals surface area contributed by atoms with Gasteiger partial charge in [0.25, 0.3) is 0 Å². The molecule has 0 amide bonds. The number of rotatable bonds is 2. The Morgan fingerprint density at radius 1 is 1.20 bits per heavy atom. The Hall–Kier alpha value is -1.13. The minimum absolute atomic E-state index is 0.236. The molecule has 0 saturated carbocycles. The predicted octanol–water partition coefficient (Wildman–Crippen LogP) is 3.26. The summed E-state index contributed by atoms with van der Waals surface area (Å²) >= 11 is 3.14. The van der Waals surface area contributed by atoms with E-state index < -0.39 is 11.9 Å². The van der Waals surface area contributed by atoms with Crippen LogP contribution in [0.2, 0.25) is 0 Å². The van der Waals surface area contributed by atoms with E-state index >= 15 is 0 Å². The fourth-order valence-electron chi connectivity index (χ4n) is 1.36. The van der Waals surface area contributed by atoms with Gasteiger partial charge < -0.3 is 9.52 Å². The zero-order valence-electron chi connectivity index (χ0n) is 7.65. The molecule has 2 aromatic rings. The summed E-state index contributed by atoms with van der Waals surface area (Å²) in [5.74, 6) is -0.432. The van der Waals surface area contributed by atoms with E-state index in [1.54, 1.807) is 24.3 Å². The van der Waals surface area contributed by atoms with Crippen molar-refractivity contribution < 1.29 is 13.9 Å². The number of hydrogen-bond acceptors (Lipinski definition) is 2. The SMILES string of the molecule is OC(c1ccccc1F)c1ccoc1Br. The molecule has 1 N–H and O–H groups in total. The largest absolute Gasteiger partial charge is 0.457 e. The first-order valence-electron chi connectivity index (χ1n) is 4.35. The summed E-state index contributed by atoms with van der Waals surface area (Å²) in [7, 11) is 0. The van der Waals surface area contributed by atoms with E-state index in [0.29, 0.717) is 10.2 Å². The first kappa shape index (κ1) is 10.4.